The number of aryl methyl sites for hydroxylation is 3. The Morgan fingerprint density at radius 1 is 1.07 bits per heavy atom. The van der Waals surface area contributed by atoms with Gasteiger partial charge in [-0.05, 0) is 57.5 Å². The van der Waals surface area contributed by atoms with E-state index >= 15 is 0 Å². The standard InChI is InChI=1S/C23H24N4O2S/c1-15-8-5-6-10-21(15)27-18(4)24-25-23(27)30-14-22(28)20-12-16(2)26(17(20)3)13-19-9-7-11-29-19/h5-12H,13-14H2,1-4H3. The molecule has 3 heterocycles. The fourth-order valence-corrected chi connectivity index (χ4v) is 4.49. The number of para-hydroxylation sites is 1. The minimum absolute atomic E-state index is 0.0794. The Balaban J connectivity index is 1.54. The highest BCUT2D eigenvalue weighted by Gasteiger charge is 2.19. The molecule has 1 aromatic carbocycles. The van der Waals surface area contributed by atoms with Gasteiger partial charge in [0, 0.05) is 17.0 Å². The average molecular weight is 421 g/mol. The van der Waals surface area contributed by atoms with Crippen molar-refractivity contribution in [3.05, 3.63) is 82.8 Å². The van der Waals surface area contributed by atoms with E-state index in [1.54, 1.807) is 6.26 Å². The molecular formula is C23H24N4O2S. The van der Waals surface area contributed by atoms with Crippen molar-refractivity contribution in [3.63, 3.8) is 0 Å². The minimum atomic E-state index is 0.0794. The van der Waals surface area contributed by atoms with E-state index in [0.717, 1.165) is 44.9 Å². The predicted octanol–water partition coefficient (Wildman–Crippen LogP) is 4.92. The van der Waals surface area contributed by atoms with E-state index in [1.807, 2.05) is 61.7 Å². The Bertz CT molecular complexity index is 1190. The van der Waals surface area contributed by atoms with Gasteiger partial charge in [-0.3, -0.25) is 9.36 Å². The summed E-state index contributed by atoms with van der Waals surface area (Å²) >= 11 is 1.42. The van der Waals surface area contributed by atoms with Gasteiger partial charge in [0.2, 0.25) is 0 Å². The molecule has 154 valence electrons. The molecule has 0 radical (unpaired) electrons. The molecule has 7 heteroatoms. The van der Waals surface area contributed by atoms with E-state index in [9.17, 15) is 4.79 Å². The maximum atomic E-state index is 13.0. The van der Waals surface area contributed by atoms with Crippen LogP contribution in [0.4, 0.5) is 0 Å². The smallest absolute Gasteiger partial charge is 0.196 e. The van der Waals surface area contributed by atoms with Crippen LogP contribution in [-0.4, -0.2) is 30.9 Å². The molecule has 0 amide bonds. The van der Waals surface area contributed by atoms with E-state index in [2.05, 4.69) is 27.8 Å². The van der Waals surface area contributed by atoms with E-state index in [0.29, 0.717) is 12.3 Å². The molecule has 0 aliphatic heterocycles. The first-order chi connectivity index (χ1) is 14.5. The first-order valence-corrected chi connectivity index (χ1v) is 10.8. The SMILES string of the molecule is Cc1ccccc1-n1c(C)nnc1SCC(=O)c1cc(C)n(Cc2ccco2)c1C. The number of nitrogens with zero attached hydrogens (tertiary/aromatic N) is 4. The van der Waals surface area contributed by atoms with Crippen molar-refractivity contribution in [1.29, 1.82) is 0 Å². The quantitative estimate of drug-likeness (QED) is 0.314. The number of furan rings is 1. The number of hydrogen-bond acceptors (Lipinski definition) is 5. The summed E-state index contributed by atoms with van der Waals surface area (Å²) in [5, 5.41) is 9.25. The van der Waals surface area contributed by atoms with Gasteiger partial charge in [0.25, 0.3) is 0 Å². The van der Waals surface area contributed by atoms with Gasteiger partial charge >= 0.3 is 0 Å². The second-order valence-electron chi connectivity index (χ2n) is 7.31. The fourth-order valence-electron chi connectivity index (χ4n) is 3.62. The maximum absolute atomic E-state index is 13.0. The first kappa shape index (κ1) is 20.2. The minimum Gasteiger partial charge on any atom is -0.467 e. The van der Waals surface area contributed by atoms with Crippen LogP contribution >= 0.6 is 11.8 Å². The van der Waals surface area contributed by atoms with E-state index < -0.39 is 0 Å². The Morgan fingerprint density at radius 2 is 1.87 bits per heavy atom. The predicted molar refractivity (Wildman–Crippen MR) is 118 cm³/mol. The topological polar surface area (TPSA) is 65.8 Å². The van der Waals surface area contributed by atoms with Crippen LogP contribution in [0.3, 0.4) is 0 Å². The summed E-state index contributed by atoms with van der Waals surface area (Å²) in [6.07, 6.45) is 1.67. The third-order valence-electron chi connectivity index (χ3n) is 5.25. The Labute approximate surface area is 179 Å². The molecule has 30 heavy (non-hydrogen) atoms. The number of hydrogen-bond donors (Lipinski definition) is 0. The number of carbonyl (C=O) groups is 1. The largest absolute Gasteiger partial charge is 0.467 e. The van der Waals surface area contributed by atoms with Gasteiger partial charge in [-0.25, -0.2) is 0 Å². The van der Waals surface area contributed by atoms with Gasteiger partial charge < -0.3 is 8.98 Å². The molecule has 0 fully saturated rings. The molecule has 4 rings (SSSR count). The lowest BCUT2D eigenvalue weighted by Crippen LogP contribution is -2.08. The Hall–Kier alpha value is -3.06. The summed E-state index contributed by atoms with van der Waals surface area (Å²) in [5.41, 5.74) is 4.90. The highest BCUT2D eigenvalue weighted by atomic mass is 32.2. The first-order valence-electron chi connectivity index (χ1n) is 9.79. The van der Waals surface area contributed by atoms with Crippen LogP contribution in [0, 0.1) is 27.7 Å². The van der Waals surface area contributed by atoms with Crippen molar-refractivity contribution in [2.75, 3.05) is 5.75 Å². The van der Waals surface area contributed by atoms with E-state index in [1.165, 1.54) is 11.8 Å². The van der Waals surface area contributed by atoms with Crippen LogP contribution in [0.25, 0.3) is 5.69 Å². The summed E-state index contributed by atoms with van der Waals surface area (Å²) in [7, 11) is 0. The molecule has 0 bridgehead atoms. The van der Waals surface area contributed by atoms with Crippen molar-refractivity contribution < 1.29 is 9.21 Å². The Morgan fingerprint density at radius 3 is 2.60 bits per heavy atom. The zero-order chi connectivity index (χ0) is 21.3. The molecule has 0 saturated heterocycles. The van der Waals surface area contributed by atoms with Gasteiger partial charge in [0.05, 0.1) is 24.2 Å². The van der Waals surface area contributed by atoms with Crippen LogP contribution in [0.15, 0.2) is 58.3 Å². The normalized spacial score (nSPS) is 11.2. The summed E-state index contributed by atoms with van der Waals surface area (Å²) in [6, 6.07) is 13.9. The number of Topliss-reactive ketones (excluding diaryl/α,β-unsaturated/α-hetero) is 1. The second kappa shape index (κ2) is 8.36. The molecule has 6 nitrogen and oxygen atoms in total. The molecule has 0 aliphatic carbocycles. The van der Waals surface area contributed by atoms with Gasteiger partial charge in [0.15, 0.2) is 10.9 Å². The zero-order valence-electron chi connectivity index (χ0n) is 17.5. The van der Waals surface area contributed by atoms with Crippen LogP contribution in [0.2, 0.25) is 0 Å². The number of thioether (sulfide) groups is 1. The molecule has 0 atom stereocenters. The summed E-state index contributed by atoms with van der Waals surface area (Å²) in [5.74, 6) is 2.05. The maximum Gasteiger partial charge on any atom is 0.196 e. The molecule has 0 aliphatic rings. The highest BCUT2D eigenvalue weighted by Crippen LogP contribution is 2.26. The summed E-state index contributed by atoms with van der Waals surface area (Å²) in [6.45, 7) is 8.59. The molecule has 0 N–H and O–H groups in total. The van der Waals surface area contributed by atoms with Crippen LogP contribution in [-0.2, 0) is 6.54 Å². The molecule has 4 aromatic rings. The van der Waals surface area contributed by atoms with Gasteiger partial charge in [0.1, 0.15) is 11.6 Å². The molecule has 3 aromatic heterocycles. The fraction of sp³-hybridized carbons (Fsp3) is 0.261. The van der Waals surface area contributed by atoms with Crippen molar-refractivity contribution in [2.24, 2.45) is 0 Å². The monoisotopic (exact) mass is 420 g/mol. The molecule has 0 spiro atoms. The van der Waals surface area contributed by atoms with Crippen molar-refractivity contribution in [3.8, 4) is 5.69 Å². The number of carbonyl (C=O) groups excluding carboxylic acids is 1. The molecule has 0 unspecified atom stereocenters. The van der Waals surface area contributed by atoms with Gasteiger partial charge in [-0.2, -0.15) is 0 Å². The second-order valence-corrected chi connectivity index (χ2v) is 8.26. The third kappa shape index (κ3) is 3.85. The summed E-state index contributed by atoms with van der Waals surface area (Å²) in [4.78, 5) is 13.0. The molecule has 0 saturated carbocycles. The number of aromatic nitrogens is 4. The van der Waals surface area contributed by atoms with Crippen molar-refractivity contribution in [2.45, 2.75) is 39.4 Å². The number of benzene rings is 1. The van der Waals surface area contributed by atoms with Crippen LogP contribution in [0.1, 0.15) is 38.9 Å². The summed E-state index contributed by atoms with van der Waals surface area (Å²) < 4.78 is 9.58. The van der Waals surface area contributed by atoms with E-state index in [4.69, 9.17) is 4.42 Å². The highest BCUT2D eigenvalue weighted by molar-refractivity contribution is 7.99. The van der Waals surface area contributed by atoms with Gasteiger partial charge in [-0.1, -0.05) is 30.0 Å². The van der Waals surface area contributed by atoms with Crippen LogP contribution in [0.5, 0.6) is 0 Å². The number of rotatable bonds is 7. The lowest BCUT2D eigenvalue weighted by atomic mass is 10.2. The van der Waals surface area contributed by atoms with Gasteiger partial charge in [-0.15, -0.1) is 10.2 Å². The zero-order valence-corrected chi connectivity index (χ0v) is 18.4. The Kier molecular flexibility index (Phi) is 5.63. The molecular weight excluding hydrogens is 396 g/mol. The van der Waals surface area contributed by atoms with Crippen LogP contribution < -0.4 is 0 Å². The van der Waals surface area contributed by atoms with Crippen molar-refractivity contribution in [1.82, 2.24) is 19.3 Å². The lowest BCUT2D eigenvalue weighted by Gasteiger charge is -2.11. The third-order valence-corrected chi connectivity index (χ3v) is 6.18. The van der Waals surface area contributed by atoms with E-state index in [-0.39, 0.29) is 5.78 Å². The van der Waals surface area contributed by atoms with Crippen molar-refractivity contribution >= 4 is 17.5 Å². The average Bonchev–Trinajstić information content (AvgIpc) is 3.43. The number of ketones is 1. The lowest BCUT2D eigenvalue weighted by molar-refractivity contribution is 0.102.